The van der Waals surface area contributed by atoms with Crippen LogP contribution in [0.25, 0.3) is 0 Å². The van der Waals surface area contributed by atoms with E-state index >= 15 is 0 Å². The molecule has 0 aliphatic heterocycles. The minimum Gasteiger partial charge on any atom is -0.327 e. The van der Waals surface area contributed by atoms with Gasteiger partial charge in [0.25, 0.3) is 0 Å². The van der Waals surface area contributed by atoms with Crippen LogP contribution in [0.2, 0.25) is 0 Å². The summed E-state index contributed by atoms with van der Waals surface area (Å²) < 4.78 is 0. The van der Waals surface area contributed by atoms with Gasteiger partial charge >= 0.3 is 0 Å². The highest BCUT2D eigenvalue weighted by Crippen LogP contribution is 2.24. The Kier molecular flexibility index (Phi) is 7.87. The van der Waals surface area contributed by atoms with Gasteiger partial charge in [-0.2, -0.15) is 0 Å². The molecule has 2 unspecified atom stereocenters. The predicted octanol–water partition coefficient (Wildman–Crippen LogP) is 2.17. The average Bonchev–Trinajstić information content (AvgIpc) is 2.79. The number of hydrogen-bond acceptors (Lipinski definition) is 3. The molecule has 3 heteroatoms. The molecule has 1 saturated carbocycles. The van der Waals surface area contributed by atoms with Crippen LogP contribution in [0.15, 0.2) is 0 Å². The molecule has 0 heterocycles. The molecule has 0 spiro atoms. The molecule has 1 aliphatic rings. The van der Waals surface area contributed by atoms with Gasteiger partial charge in [0.1, 0.15) is 0 Å². The Morgan fingerprint density at radius 3 is 2.06 bits per heavy atom. The van der Waals surface area contributed by atoms with E-state index in [1.165, 1.54) is 65.0 Å². The molecule has 108 valence electrons. The Bertz CT molecular complexity index is 204. The Morgan fingerprint density at radius 1 is 0.944 bits per heavy atom. The molecule has 0 amide bonds. The van der Waals surface area contributed by atoms with Gasteiger partial charge in [0.2, 0.25) is 0 Å². The maximum absolute atomic E-state index is 6.17. The van der Waals surface area contributed by atoms with Crippen molar-refractivity contribution < 1.29 is 0 Å². The molecule has 2 atom stereocenters. The van der Waals surface area contributed by atoms with Crippen LogP contribution in [0, 0.1) is 5.92 Å². The van der Waals surface area contributed by atoms with Crippen LogP contribution < -0.4 is 5.73 Å². The summed E-state index contributed by atoms with van der Waals surface area (Å²) in [6, 6.07) is 0.460. The number of nitrogens with zero attached hydrogens (tertiary/aromatic N) is 2. The largest absolute Gasteiger partial charge is 0.327 e. The Labute approximate surface area is 114 Å². The summed E-state index contributed by atoms with van der Waals surface area (Å²) >= 11 is 0. The van der Waals surface area contributed by atoms with Gasteiger partial charge in [-0.15, -0.1) is 0 Å². The maximum Gasteiger partial charge on any atom is 0.00793 e. The molecule has 3 nitrogen and oxygen atoms in total. The Balaban J connectivity index is 2.20. The third-order valence-electron chi connectivity index (χ3n) is 4.50. The quantitative estimate of drug-likeness (QED) is 0.685. The Hall–Kier alpha value is -0.120. The van der Waals surface area contributed by atoms with E-state index in [-0.39, 0.29) is 0 Å². The molecule has 0 aromatic rings. The van der Waals surface area contributed by atoms with Gasteiger partial charge in [-0.05, 0) is 57.9 Å². The summed E-state index contributed by atoms with van der Waals surface area (Å²) in [5.74, 6) is 0.749. The summed E-state index contributed by atoms with van der Waals surface area (Å²) in [4.78, 5) is 5.11. The maximum atomic E-state index is 6.17. The number of hydrogen-bond donors (Lipinski definition) is 1. The van der Waals surface area contributed by atoms with E-state index in [0.717, 1.165) is 5.92 Å². The second-order valence-corrected chi connectivity index (χ2v) is 5.63. The zero-order valence-corrected chi connectivity index (χ0v) is 12.7. The van der Waals surface area contributed by atoms with Gasteiger partial charge in [0, 0.05) is 12.6 Å². The first kappa shape index (κ1) is 15.9. The van der Waals surface area contributed by atoms with Crippen LogP contribution in [-0.2, 0) is 0 Å². The monoisotopic (exact) mass is 255 g/mol. The molecule has 0 aromatic heterocycles. The minimum atomic E-state index is 0.460. The summed E-state index contributed by atoms with van der Waals surface area (Å²) in [6.07, 6.45) is 5.20. The van der Waals surface area contributed by atoms with Crippen molar-refractivity contribution in [2.24, 2.45) is 11.7 Å². The smallest absolute Gasteiger partial charge is 0.00793 e. The second kappa shape index (κ2) is 8.89. The summed E-state index contributed by atoms with van der Waals surface area (Å²) in [5.41, 5.74) is 6.17. The van der Waals surface area contributed by atoms with Crippen LogP contribution >= 0.6 is 0 Å². The standard InChI is InChI=1S/C15H33N3/c1-4-17(5-2)11-8-12-18(6-3)13-14-9-7-10-15(14)16/h14-15H,4-13,16H2,1-3H3. The van der Waals surface area contributed by atoms with E-state index in [1.807, 2.05) is 0 Å². The van der Waals surface area contributed by atoms with E-state index < -0.39 is 0 Å². The fraction of sp³-hybridized carbons (Fsp3) is 1.00. The van der Waals surface area contributed by atoms with Crippen LogP contribution in [0.1, 0.15) is 46.5 Å². The zero-order valence-electron chi connectivity index (χ0n) is 12.7. The van der Waals surface area contributed by atoms with Crippen molar-refractivity contribution >= 4 is 0 Å². The molecular formula is C15H33N3. The van der Waals surface area contributed by atoms with Gasteiger partial charge in [-0.1, -0.05) is 27.2 Å². The molecule has 0 radical (unpaired) electrons. The van der Waals surface area contributed by atoms with Crippen LogP contribution in [-0.4, -0.2) is 55.1 Å². The van der Waals surface area contributed by atoms with Crippen LogP contribution in [0.3, 0.4) is 0 Å². The van der Waals surface area contributed by atoms with Gasteiger partial charge in [-0.25, -0.2) is 0 Å². The van der Waals surface area contributed by atoms with E-state index in [4.69, 9.17) is 5.73 Å². The van der Waals surface area contributed by atoms with Crippen molar-refractivity contribution in [3.63, 3.8) is 0 Å². The van der Waals surface area contributed by atoms with Crippen LogP contribution in [0.5, 0.6) is 0 Å². The first-order chi connectivity index (χ1) is 8.71. The van der Waals surface area contributed by atoms with Gasteiger partial charge < -0.3 is 15.5 Å². The van der Waals surface area contributed by atoms with E-state index in [0.29, 0.717) is 6.04 Å². The lowest BCUT2D eigenvalue weighted by atomic mass is 10.0. The van der Waals surface area contributed by atoms with E-state index in [9.17, 15) is 0 Å². The molecule has 1 rings (SSSR count). The third kappa shape index (κ3) is 5.25. The molecule has 2 N–H and O–H groups in total. The molecule has 1 fully saturated rings. The molecule has 18 heavy (non-hydrogen) atoms. The Morgan fingerprint density at radius 2 is 1.56 bits per heavy atom. The molecule has 0 bridgehead atoms. The third-order valence-corrected chi connectivity index (χ3v) is 4.50. The highest BCUT2D eigenvalue weighted by atomic mass is 15.1. The van der Waals surface area contributed by atoms with Gasteiger partial charge in [-0.3, -0.25) is 0 Å². The highest BCUT2D eigenvalue weighted by Gasteiger charge is 2.25. The lowest BCUT2D eigenvalue weighted by Crippen LogP contribution is -2.37. The van der Waals surface area contributed by atoms with E-state index in [2.05, 4.69) is 30.6 Å². The summed E-state index contributed by atoms with van der Waals surface area (Å²) in [7, 11) is 0. The summed E-state index contributed by atoms with van der Waals surface area (Å²) in [5, 5.41) is 0. The zero-order chi connectivity index (χ0) is 13.4. The van der Waals surface area contributed by atoms with Crippen molar-refractivity contribution in [2.45, 2.75) is 52.5 Å². The number of rotatable bonds is 9. The topological polar surface area (TPSA) is 32.5 Å². The average molecular weight is 255 g/mol. The molecular weight excluding hydrogens is 222 g/mol. The summed E-state index contributed by atoms with van der Waals surface area (Å²) in [6.45, 7) is 14.0. The van der Waals surface area contributed by atoms with Crippen molar-refractivity contribution in [1.29, 1.82) is 0 Å². The lowest BCUT2D eigenvalue weighted by molar-refractivity contribution is 0.211. The highest BCUT2D eigenvalue weighted by molar-refractivity contribution is 4.82. The SMILES string of the molecule is CCN(CC)CCCN(CC)CC1CCCC1N. The lowest BCUT2D eigenvalue weighted by Gasteiger charge is -2.27. The molecule has 1 aliphatic carbocycles. The second-order valence-electron chi connectivity index (χ2n) is 5.63. The minimum absolute atomic E-state index is 0.460. The molecule has 0 aromatic carbocycles. The van der Waals surface area contributed by atoms with Crippen molar-refractivity contribution in [2.75, 3.05) is 39.3 Å². The fourth-order valence-electron chi connectivity index (χ4n) is 3.06. The first-order valence-electron chi connectivity index (χ1n) is 7.91. The van der Waals surface area contributed by atoms with Gasteiger partial charge in [0.15, 0.2) is 0 Å². The van der Waals surface area contributed by atoms with E-state index in [1.54, 1.807) is 0 Å². The normalized spacial score (nSPS) is 24.3. The number of nitrogens with two attached hydrogens (primary N) is 1. The fourth-order valence-corrected chi connectivity index (χ4v) is 3.06. The van der Waals surface area contributed by atoms with Crippen LogP contribution in [0.4, 0.5) is 0 Å². The van der Waals surface area contributed by atoms with Gasteiger partial charge in [0.05, 0.1) is 0 Å². The van der Waals surface area contributed by atoms with Crippen molar-refractivity contribution in [3.8, 4) is 0 Å². The molecule has 0 saturated heterocycles. The van der Waals surface area contributed by atoms with Crippen molar-refractivity contribution in [3.05, 3.63) is 0 Å². The van der Waals surface area contributed by atoms with Crippen molar-refractivity contribution in [1.82, 2.24) is 9.80 Å². The predicted molar refractivity (Wildman–Crippen MR) is 79.8 cm³/mol. The first-order valence-corrected chi connectivity index (χ1v) is 7.91.